The maximum Gasteiger partial charge on any atom is 0.240 e. The van der Waals surface area contributed by atoms with E-state index in [0.29, 0.717) is 29.6 Å². The van der Waals surface area contributed by atoms with Gasteiger partial charge in [-0.3, -0.25) is 4.79 Å². The van der Waals surface area contributed by atoms with Gasteiger partial charge in [0.25, 0.3) is 0 Å². The molecular weight excluding hydrogens is 430 g/mol. The molecule has 1 heterocycles. The van der Waals surface area contributed by atoms with Crippen LogP contribution in [0, 0.1) is 25.7 Å². The molecule has 31 heavy (non-hydrogen) atoms. The monoisotopic (exact) mass is 463 g/mol. The minimum atomic E-state index is -3.59. The quantitative estimate of drug-likeness (QED) is 0.558. The molecule has 0 atom stereocenters. The molecule has 0 spiro atoms. The second-order valence-electron chi connectivity index (χ2n) is 8.92. The predicted octanol–water partition coefficient (Wildman–Crippen LogP) is 5.27. The van der Waals surface area contributed by atoms with E-state index in [0.717, 1.165) is 29.0 Å². The Bertz CT molecular complexity index is 1020. The lowest BCUT2D eigenvalue weighted by molar-refractivity contribution is -0.117. The number of hydrogen-bond donors (Lipinski definition) is 2. The number of thiazole rings is 1. The fourth-order valence-corrected chi connectivity index (χ4v) is 6.39. The first-order valence-electron chi connectivity index (χ1n) is 11.0. The van der Waals surface area contributed by atoms with Crippen LogP contribution in [0.3, 0.4) is 0 Å². The molecule has 8 heteroatoms. The van der Waals surface area contributed by atoms with Gasteiger partial charge in [-0.05, 0) is 55.7 Å². The number of carbonyl (C=O) groups excluding carboxylic acids is 1. The van der Waals surface area contributed by atoms with Gasteiger partial charge in [0.05, 0.1) is 15.5 Å². The van der Waals surface area contributed by atoms with E-state index in [-0.39, 0.29) is 16.7 Å². The van der Waals surface area contributed by atoms with Gasteiger partial charge in [-0.2, -0.15) is 0 Å². The summed E-state index contributed by atoms with van der Waals surface area (Å²) in [5, 5.41) is 3.51. The molecule has 1 amide bonds. The van der Waals surface area contributed by atoms with E-state index >= 15 is 0 Å². The molecule has 1 fully saturated rings. The van der Waals surface area contributed by atoms with Crippen LogP contribution in [0.5, 0.6) is 0 Å². The number of amides is 1. The van der Waals surface area contributed by atoms with Gasteiger partial charge >= 0.3 is 0 Å². The second-order valence-corrected chi connectivity index (χ2v) is 11.7. The Morgan fingerprint density at radius 2 is 1.90 bits per heavy atom. The summed E-state index contributed by atoms with van der Waals surface area (Å²) in [6.45, 7) is 8.01. The zero-order valence-electron chi connectivity index (χ0n) is 18.8. The minimum Gasteiger partial charge on any atom is -0.302 e. The molecule has 0 aliphatic heterocycles. The van der Waals surface area contributed by atoms with Crippen LogP contribution in [0.25, 0.3) is 10.4 Å². The summed E-state index contributed by atoms with van der Waals surface area (Å²) >= 11 is 1.39. The Hall–Kier alpha value is -1.77. The van der Waals surface area contributed by atoms with Crippen molar-refractivity contribution in [3.8, 4) is 10.4 Å². The number of benzene rings is 1. The molecule has 2 aromatic rings. The Morgan fingerprint density at radius 3 is 2.58 bits per heavy atom. The van der Waals surface area contributed by atoms with Gasteiger partial charge in [0.15, 0.2) is 5.13 Å². The van der Waals surface area contributed by atoms with Crippen molar-refractivity contribution in [1.29, 1.82) is 0 Å². The maximum atomic E-state index is 12.8. The van der Waals surface area contributed by atoms with Gasteiger partial charge < -0.3 is 5.32 Å². The molecule has 1 aliphatic rings. The van der Waals surface area contributed by atoms with Crippen LogP contribution in [0.2, 0.25) is 0 Å². The average Bonchev–Trinajstić information content (AvgIpc) is 3.07. The SMILES string of the molecule is Cc1ccc(-c2sc(NC(=O)CC3CCCCC3)nc2C)cc1S(=O)(=O)NCC(C)C. The maximum absolute atomic E-state index is 12.8. The summed E-state index contributed by atoms with van der Waals surface area (Å²) in [5.41, 5.74) is 2.27. The fourth-order valence-electron chi connectivity index (χ4n) is 3.93. The molecule has 170 valence electrons. The second kappa shape index (κ2) is 10.2. The third-order valence-electron chi connectivity index (χ3n) is 5.66. The molecule has 1 saturated carbocycles. The summed E-state index contributed by atoms with van der Waals surface area (Å²) in [6, 6.07) is 5.43. The lowest BCUT2D eigenvalue weighted by Gasteiger charge is -2.20. The van der Waals surface area contributed by atoms with Crippen molar-refractivity contribution in [2.45, 2.75) is 71.1 Å². The van der Waals surface area contributed by atoms with E-state index in [4.69, 9.17) is 0 Å². The van der Waals surface area contributed by atoms with Crippen LogP contribution >= 0.6 is 11.3 Å². The Labute approximate surface area is 189 Å². The van der Waals surface area contributed by atoms with Crippen molar-refractivity contribution in [2.24, 2.45) is 11.8 Å². The van der Waals surface area contributed by atoms with Crippen molar-refractivity contribution in [3.05, 3.63) is 29.5 Å². The Morgan fingerprint density at radius 1 is 1.19 bits per heavy atom. The van der Waals surface area contributed by atoms with Gasteiger partial charge in [0.1, 0.15) is 0 Å². The molecule has 0 radical (unpaired) electrons. The normalized spacial score (nSPS) is 15.4. The molecule has 1 aliphatic carbocycles. The van der Waals surface area contributed by atoms with Crippen LogP contribution in [0.15, 0.2) is 23.1 Å². The number of hydrogen-bond acceptors (Lipinski definition) is 5. The minimum absolute atomic E-state index is 0.0114. The number of nitrogens with one attached hydrogen (secondary N) is 2. The van der Waals surface area contributed by atoms with E-state index in [1.54, 1.807) is 13.0 Å². The predicted molar refractivity (Wildman–Crippen MR) is 127 cm³/mol. The first-order chi connectivity index (χ1) is 14.7. The van der Waals surface area contributed by atoms with Gasteiger partial charge in [0, 0.05) is 13.0 Å². The fraction of sp³-hybridized carbons (Fsp3) is 0.565. The molecule has 1 aromatic heterocycles. The molecule has 0 bridgehead atoms. The van der Waals surface area contributed by atoms with Crippen LogP contribution in [0.4, 0.5) is 5.13 Å². The number of carbonyl (C=O) groups is 1. The van der Waals surface area contributed by atoms with Crippen molar-refractivity contribution in [2.75, 3.05) is 11.9 Å². The first kappa shape index (κ1) is 23.9. The van der Waals surface area contributed by atoms with E-state index in [1.807, 2.05) is 32.9 Å². The van der Waals surface area contributed by atoms with Crippen LogP contribution < -0.4 is 10.0 Å². The van der Waals surface area contributed by atoms with Crippen molar-refractivity contribution >= 4 is 32.4 Å². The standard InChI is InChI=1S/C23H33N3O3S2/c1-15(2)14-24-31(28,29)20-13-19(11-10-16(20)3)22-17(4)25-23(30-22)26-21(27)12-18-8-6-5-7-9-18/h10-11,13,15,18,24H,5-9,12,14H2,1-4H3,(H,25,26,27). The number of sulfonamides is 1. The van der Waals surface area contributed by atoms with Crippen LogP contribution in [-0.4, -0.2) is 25.9 Å². The van der Waals surface area contributed by atoms with E-state index in [1.165, 1.54) is 30.6 Å². The zero-order valence-corrected chi connectivity index (χ0v) is 20.5. The van der Waals surface area contributed by atoms with Crippen molar-refractivity contribution < 1.29 is 13.2 Å². The summed E-state index contributed by atoms with van der Waals surface area (Å²) in [7, 11) is -3.59. The van der Waals surface area contributed by atoms with Gasteiger partial charge in [-0.15, -0.1) is 0 Å². The Balaban J connectivity index is 1.77. The van der Waals surface area contributed by atoms with E-state index < -0.39 is 10.0 Å². The zero-order chi connectivity index (χ0) is 22.6. The molecule has 6 nitrogen and oxygen atoms in total. The topological polar surface area (TPSA) is 88.2 Å². The summed E-state index contributed by atoms with van der Waals surface area (Å²) in [5.74, 6) is 0.705. The highest BCUT2D eigenvalue weighted by Crippen LogP contribution is 2.35. The summed E-state index contributed by atoms with van der Waals surface area (Å²) in [6.07, 6.45) is 6.49. The van der Waals surface area contributed by atoms with Crippen molar-refractivity contribution in [3.63, 3.8) is 0 Å². The molecule has 2 N–H and O–H groups in total. The third-order valence-corrected chi connectivity index (χ3v) is 8.35. The van der Waals surface area contributed by atoms with E-state index in [9.17, 15) is 13.2 Å². The first-order valence-corrected chi connectivity index (χ1v) is 13.3. The number of rotatable bonds is 8. The molecular formula is C23H33N3O3S2. The molecule has 1 aromatic carbocycles. The van der Waals surface area contributed by atoms with Gasteiger partial charge in [-0.25, -0.2) is 18.1 Å². The van der Waals surface area contributed by atoms with Gasteiger partial charge in [0.2, 0.25) is 15.9 Å². The number of aromatic nitrogens is 1. The number of nitrogens with zero attached hydrogens (tertiary/aromatic N) is 1. The Kier molecular flexibility index (Phi) is 7.88. The number of aryl methyl sites for hydroxylation is 2. The smallest absolute Gasteiger partial charge is 0.240 e. The number of anilines is 1. The average molecular weight is 464 g/mol. The van der Waals surface area contributed by atoms with Crippen LogP contribution in [-0.2, 0) is 14.8 Å². The molecule has 0 unspecified atom stereocenters. The van der Waals surface area contributed by atoms with Gasteiger partial charge in [-0.1, -0.05) is 56.6 Å². The lowest BCUT2D eigenvalue weighted by atomic mass is 9.87. The van der Waals surface area contributed by atoms with Crippen molar-refractivity contribution in [1.82, 2.24) is 9.71 Å². The largest absolute Gasteiger partial charge is 0.302 e. The highest BCUT2D eigenvalue weighted by Gasteiger charge is 2.21. The third kappa shape index (κ3) is 6.37. The summed E-state index contributed by atoms with van der Waals surface area (Å²) < 4.78 is 28.3. The highest BCUT2D eigenvalue weighted by atomic mass is 32.2. The molecule has 3 rings (SSSR count). The van der Waals surface area contributed by atoms with E-state index in [2.05, 4.69) is 15.0 Å². The molecule has 0 saturated heterocycles. The van der Waals surface area contributed by atoms with Crippen LogP contribution in [0.1, 0.15) is 63.6 Å². The summed E-state index contributed by atoms with van der Waals surface area (Å²) in [4.78, 5) is 18.1. The highest BCUT2D eigenvalue weighted by molar-refractivity contribution is 7.89. The lowest BCUT2D eigenvalue weighted by Crippen LogP contribution is -2.28.